The van der Waals surface area contributed by atoms with Gasteiger partial charge < -0.3 is 18.9 Å². The topological polar surface area (TPSA) is 108 Å². The third kappa shape index (κ3) is 9.24. The molecule has 1 aromatic carbocycles. The minimum absolute atomic E-state index is 0.222. The van der Waals surface area contributed by atoms with Gasteiger partial charge in [-0.1, -0.05) is 0 Å². The number of halogens is 3. The van der Waals surface area contributed by atoms with Crippen molar-refractivity contribution in [3.05, 3.63) is 23.8 Å². The molecular weight excluding hydrogens is 409 g/mol. The molecule has 0 saturated heterocycles. The molecule has 0 aliphatic rings. The van der Waals surface area contributed by atoms with E-state index in [4.69, 9.17) is 14.0 Å². The number of esters is 1. The second-order valence-electron chi connectivity index (χ2n) is 6.30. The van der Waals surface area contributed by atoms with Crippen LogP contribution in [0.3, 0.4) is 0 Å². The number of carbonyl (C=O) groups is 1. The fraction of sp³-hybridized carbons (Fsp3) is 0.562. The number of hydrogen-bond donors (Lipinski definition) is 1. The summed E-state index contributed by atoms with van der Waals surface area (Å²) in [6.07, 6.45) is -5.31. The summed E-state index contributed by atoms with van der Waals surface area (Å²) in [4.78, 5) is 12.0. The van der Waals surface area contributed by atoms with Crippen LogP contribution in [0.2, 0.25) is 0 Å². The molecule has 0 bridgehead atoms. The van der Waals surface area contributed by atoms with Crippen LogP contribution in [0.4, 0.5) is 13.2 Å². The number of ether oxygens (including phenoxy) is 4. The van der Waals surface area contributed by atoms with E-state index in [9.17, 15) is 26.4 Å². The molecule has 0 aliphatic carbocycles. The molecule has 0 unspecified atom stereocenters. The fourth-order valence-electron chi connectivity index (χ4n) is 2.10. The van der Waals surface area contributed by atoms with Crippen LogP contribution in [0.15, 0.2) is 18.2 Å². The molecule has 1 N–H and O–H groups in total. The Hall–Kier alpha value is -2.05. The zero-order chi connectivity index (χ0) is 21.8. The van der Waals surface area contributed by atoms with Crippen molar-refractivity contribution in [2.45, 2.75) is 45.9 Å². The minimum Gasteiger partial charge on any atom is -0.461 e. The second kappa shape index (κ2) is 8.97. The molecule has 28 heavy (non-hydrogen) atoms. The van der Waals surface area contributed by atoms with Crippen LogP contribution in [0.5, 0.6) is 11.5 Å². The van der Waals surface area contributed by atoms with Crippen molar-refractivity contribution < 1.29 is 49.9 Å². The van der Waals surface area contributed by atoms with Gasteiger partial charge in [0.15, 0.2) is 11.5 Å². The SMILES string of the molecule is CC(C)OC(C)(C)Oc1cc(C(=O)OCCS(=O)(=O)O)ccc1OC(F)(F)F. The van der Waals surface area contributed by atoms with Crippen LogP contribution in [0, 0.1) is 0 Å². The molecule has 0 heterocycles. The highest BCUT2D eigenvalue weighted by Crippen LogP contribution is 2.36. The zero-order valence-corrected chi connectivity index (χ0v) is 16.4. The van der Waals surface area contributed by atoms with Gasteiger partial charge in [-0.2, -0.15) is 8.42 Å². The van der Waals surface area contributed by atoms with Crippen molar-refractivity contribution >= 4 is 16.1 Å². The molecular formula is C16H21F3O8S. The zero-order valence-electron chi connectivity index (χ0n) is 15.6. The van der Waals surface area contributed by atoms with E-state index in [2.05, 4.69) is 9.47 Å². The highest BCUT2D eigenvalue weighted by molar-refractivity contribution is 7.85. The van der Waals surface area contributed by atoms with Gasteiger partial charge in [0.1, 0.15) is 12.4 Å². The van der Waals surface area contributed by atoms with E-state index in [-0.39, 0.29) is 11.7 Å². The van der Waals surface area contributed by atoms with E-state index in [1.54, 1.807) is 13.8 Å². The average molecular weight is 430 g/mol. The van der Waals surface area contributed by atoms with Gasteiger partial charge in [0.2, 0.25) is 5.79 Å². The van der Waals surface area contributed by atoms with Crippen molar-refractivity contribution in [3.63, 3.8) is 0 Å². The smallest absolute Gasteiger partial charge is 0.461 e. The molecule has 0 fully saturated rings. The summed E-state index contributed by atoms with van der Waals surface area (Å²) < 4.78 is 87.2. The molecule has 1 rings (SSSR count). The molecule has 8 nitrogen and oxygen atoms in total. The molecule has 0 radical (unpaired) electrons. The van der Waals surface area contributed by atoms with Crippen LogP contribution in [-0.4, -0.2) is 49.6 Å². The first-order chi connectivity index (χ1) is 12.6. The number of hydrogen-bond acceptors (Lipinski definition) is 7. The number of rotatable bonds is 9. The Morgan fingerprint density at radius 2 is 1.75 bits per heavy atom. The Morgan fingerprint density at radius 1 is 1.14 bits per heavy atom. The van der Waals surface area contributed by atoms with E-state index >= 15 is 0 Å². The number of carbonyl (C=O) groups excluding carboxylic acids is 1. The second-order valence-corrected chi connectivity index (χ2v) is 7.87. The van der Waals surface area contributed by atoms with E-state index < -0.39 is 52.1 Å². The Kier molecular flexibility index (Phi) is 7.68. The molecule has 0 aromatic heterocycles. The first-order valence-corrected chi connectivity index (χ1v) is 9.58. The summed E-state index contributed by atoms with van der Waals surface area (Å²) in [5, 5.41) is 0. The molecule has 0 spiro atoms. The van der Waals surface area contributed by atoms with E-state index in [0.717, 1.165) is 18.2 Å². The quantitative estimate of drug-likeness (QED) is 0.362. The van der Waals surface area contributed by atoms with E-state index in [1.807, 2.05) is 0 Å². The van der Waals surface area contributed by atoms with Crippen molar-refractivity contribution in [2.24, 2.45) is 0 Å². The summed E-state index contributed by atoms with van der Waals surface area (Å²) in [7, 11) is -4.34. The highest BCUT2D eigenvalue weighted by atomic mass is 32.2. The van der Waals surface area contributed by atoms with Gasteiger partial charge in [-0.05, 0) is 32.0 Å². The van der Waals surface area contributed by atoms with Gasteiger partial charge >= 0.3 is 12.3 Å². The van der Waals surface area contributed by atoms with Crippen LogP contribution in [-0.2, 0) is 19.6 Å². The van der Waals surface area contributed by atoms with Crippen LogP contribution >= 0.6 is 0 Å². The van der Waals surface area contributed by atoms with Crippen LogP contribution < -0.4 is 9.47 Å². The van der Waals surface area contributed by atoms with Gasteiger partial charge in [0.05, 0.1) is 11.7 Å². The molecule has 160 valence electrons. The number of benzene rings is 1. The lowest BCUT2D eigenvalue weighted by Crippen LogP contribution is -2.35. The molecule has 12 heteroatoms. The lowest BCUT2D eigenvalue weighted by atomic mass is 10.2. The van der Waals surface area contributed by atoms with E-state index in [0.29, 0.717) is 0 Å². The summed E-state index contributed by atoms with van der Waals surface area (Å²) in [5.41, 5.74) is -0.222. The highest BCUT2D eigenvalue weighted by Gasteiger charge is 2.34. The summed E-state index contributed by atoms with van der Waals surface area (Å²) in [5.74, 6) is -4.36. The van der Waals surface area contributed by atoms with Crippen molar-refractivity contribution in [1.29, 1.82) is 0 Å². The number of alkyl halides is 3. The van der Waals surface area contributed by atoms with Crippen molar-refractivity contribution in [1.82, 2.24) is 0 Å². The Morgan fingerprint density at radius 3 is 2.25 bits per heavy atom. The molecule has 1 aromatic rings. The monoisotopic (exact) mass is 430 g/mol. The summed E-state index contributed by atoms with van der Waals surface area (Å²) >= 11 is 0. The Labute approximate surface area is 160 Å². The molecule has 0 amide bonds. The van der Waals surface area contributed by atoms with Gasteiger partial charge in [-0.3, -0.25) is 4.55 Å². The van der Waals surface area contributed by atoms with Crippen molar-refractivity contribution in [2.75, 3.05) is 12.4 Å². The third-order valence-corrected chi connectivity index (χ3v) is 3.54. The fourth-order valence-corrected chi connectivity index (χ4v) is 2.40. The van der Waals surface area contributed by atoms with E-state index in [1.165, 1.54) is 13.8 Å². The van der Waals surface area contributed by atoms with Gasteiger partial charge in [0.25, 0.3) is 10.1 Å². The Bertz CT molecular complexity index is 788. The molecule has 0 atom stereocenters. The van der Waals surface area contributed by atoms with Gasteiger partial charge in [-0.15, -0.1) is 13.2 Å². The maximum Gasteiger partial charge on any atom is 0.573 e. The maximum absolute atomic E-state index is 12.6. The molecule has 0 saturated carbocycles. The minimum atomic E-state index is -5.00. The van der Waals surface area contributed by atoms with Gasteiger partial charge in [0, 0.05) is 13.8 Å². The lowest BCUT2D eigenvalue weighted by Gasteiger charge is -2.29. The van der Waals surface area contributed by atoms with Crippen molar-refractivity contribution in [3.8, 4) is 11.5 Å². The maximum atomic E-state index is 12.6. The summed E-state index contributed by atoms with van der Waals surface area (Å²) in [6.45, 7) is 5.67. The predicted octanol–water partition coefficient (Wildman–Crippen LogP) is 3.17. The average Bonchev–Trinajstić information content (AvgIpc) is 2.44. The normalized spacial score (nSPS) is 12.8. The van der Waals surface area contributed by atoms with Crippen LogP contribution in [0.25, 0.3) is 0 Å². The third-order valence-electron chi connectivity index (χ3n) is 2.85. The van der Waals surface area contributed by atoms with Crippen LogP contribution in [0.1, 0.15) is 38.1 Å². The standard InChI is InChI=1S/C16H21F3O8S/c1-10(2)25-15(3,4)26-13-9-11(5-6-12(13)27-16(17,18)19)14(20)24-7-8-28(21,22)23/h5-6,9-10H,7-8H2,1-4H3,(H,21,22,23). The predicted molar refractivity (Wildman–Crippen MR) is 90.8 cm³/mol. The lowest BCUT2D eigenvalue weighted by molar-refractivity contribution is -0.276. The summed E-state index contributed by atoms with van der Waals surface area (Å²) in [6, 6.07) is 2.79. The first kappa shape index (κ1) is 24.0. The first-order valence-electron chi connectivity index (χ1n) is 7.97. The Balaban J connectivity index is 3.10. The van der Waals surface area contributed by atoms with Gasteiger partial charge in [-0.25, -0.2) is 4.79 Å². The largest absolute Gasteiger partial charge is 0.573 e. The molecule has 0 aliphatic heterocycles.